The maximum Gasteiger partial charge on any atom is 0.250 e. The monoisotopic (exact) mass is 784 g/mol. The van der Waals surface area contributed by atoms with Gasteiger partial charge in [-0.1, -0.05) is 146 Å². The van der Waals surface area contributed by atoms with Crippen molar-refractivity contribution in [3.63, 3.8) is 0 Å². The van der Waals surface area contributed by atoms with Gasteiger partial charge in [0, 0.05) is 23.2 Å². The van der Waals surface area contributed by atoms with E-state index in [-0.39, 0.29) is 29.7 Å². The summed E-state index contributed by atoms with van der Waals surface area (Å²) in [6.07, 6.45) is 7.89. The Kier molecular flexibility index (Phi) is 12.9. The van der Waals surface area contributed by atoms with Crippen LogP contribution in [0.25, 0.3) is 22.3 Å². The second kappa shape index (κ2) is 19.0. The van der Waals surface area contributed by atoms with Gasteiger partial charge < -0.3 is 9.80 Å². The smallest absolute Gasteiger partial charge is 0.250 e. The zero-order valence-corrected chi connectivity index (χ0v) is 34.1. The molecule has 0 aliphatic carbocycles. The van der Waals surface area contributed by atoms with Crippen molar-refractivity contribution in [3.05, 3.63) is 168 Å². The van der Waals surface area contributed by atoms with Crippen LogP contribution in [0, 0.1) is 5.92 Å². The van der Waals surface area contributed by atoms with Gasteiger partial charge in [-0.15, -0.1) is 0 Å². The van der Waals surface area contributed by atoms with Crippen molar-refractivity contribution in [2.75, 3.05) is 39.5 Å². The predicted molar refractivity (Wildman–Crippen MR) is 236 cm³/mol. The molecule has 1 unspecified atom stereocenters. The number of amides is 2. The second-order valence-electron chi connectivity index (χ2n) is 16.7. The summed E-state index contributed by atoms with van der Waals surface area (Å²) < 4.78 is 0. The molecule has 4 heterocycles. The van der Waals surface area contributed by atoms with Gasteiger partial charge in [0.2, 0.25) is 5.91 Å². The summed E-state index contributed by atoms with van der Waals surface area (Å²) in [5, 5.41) is 0. The summed E-state index contributed by atoms with van der Waals surface area (Å²) in [6.45, 7) is 9.65. The van der Waals surface area contributed by atoms with Gasteiger partial charge in [-0.3, -0.25) is 24.2 Å². The molecule has 3 atom stereocenters. The molecule has 0 saturated carbocycles. The molecule has 0 radical (unpaired) electrons. The number of hydrogen-bond donors (Lipinski definition) is 0. The van der Waals surface area contributed by atoms with Crippen LogP contribution >= 0.6 is 0 Å². The largest absolute Gasteiger partial charge is 0.326 e. The standard InChI is InChI=1S/C29H30N2O2.C23H26N2O/c32-28(25-11-5-2-6-12-25)27-20-26(31(29(27)33)21-30-17-7-8-18-30)19-22-13-15-24(16-14-22)23-9-3-1-4-10-23;1-18-15-22(25(23(18)26)17-24-13-5-6-14-24)16-19-9-11-21(12-10-19)20-7-3-2-4-8-20/h1-6,9-16,26-27H,7-8,17-21H2;2-4,7-12,22H,1,5-6,13-17H2/t26-,27?;22-/m10/s1. The lowest BCUT2D eigenvalue weighted by molar-refractivity contribution is -0.132. The number of carbonyl (C=O) groups excluding carboxylic acids is 3. The first kappa shape index (κ1) is 40.2. The maximum atomic E-state index is 13.4. The van der Waals surface area contributed by atoms with E-state index in [9.17, 15) is 14.4 Å². The van der Waals surface area contributed by atoms with Crippen molar-refractivity contribution in [1.29, 1.82) is 0 Å². The minimum Gasteiger partial charge on any atom is -0.326 e. The third-order valence-corrected chi connectivity index (χ3v) is 12.6. The van der Waals surface area contributed by atoms with Gasteiger partial charge in [0.1, 0.15) is 5.92 Å². The minimum atomic E-state index is -0.580. The lowest BCUT2D eigenvalue weighted by Crippen LogP contribution is -2.43. The Bertz CT molecular complexity index is 2180. The van der Waals surface area contributed by atoms with Crippen molar-refractivity contribution < 1.29 is 14.4 Å². The van der Waals surface area contributed by atoms with Crippen LogP contribution in [0.5, 0.6) is 0 Å². The van der Waals surface area contributed by atoms with Crippen LogP contribution in [0.1, 0.15) is 60.0 Å². The van der Waals surface area contributed by atoms with Gasteiger partial charge in [-0.2, -0.15) is 0 Å². The fraction of sp³-hybridized carbons (Fsp3) is 0.327. The Morgan fingerprint density at radius 2 is 0.949 bits per heavy atom. The molecule has 59 heavy (non-hydrogen) atoms. The van der Waals surface area contributed by atoms with E-state index in [1.54, 1.807) is 0 Å². The molecule has 7 heteroatoms. The van der Waals surface area contributed by atoms with Crippen molar-refractivity contribution in [1.82, 2.24) is 19.6 Å². The highest BCUT2D eigenvalue weighted by Crippen LogP contribution is 2.32. The van der Waals surface area contributed by atoms with Crippen molar-refractivity contribution in [2.45, 2.75) is 63.5 Å². The number of benzene rings is 5. The molecule has 4 aliphatic rings. The van der Waals surface area contributed by atoms with E-state index in [1.807, 2.05) is 64.4 Å². The fourth-order valence-corrected chi connectivity index (χ4v) is 9.25. The quantitative estimate of drug-likeness (QED) is 0.0718. The predicted octanol–water partition coefficient (Wildman–Crippen LogP) is 9.16. The fourth-order valence-electron chi connectivity index (χ4n) is 9.25. The SMILES string of the molecule is C=C1C[C@@H](Cc2ccc(-c3ccccc3)cc2)N(CN2CCCC2)C1=O.O=C(c1ccccc1)C1C[C@@H](Cc2ccc(-c3ccccc3)cc2)N(CN2CCCC2)C1=O. The Morgan fingerprint density at radius 1 is 0.525 bits per heavy atom. The molecule has 0 aromatic heterocycles. The van der Waals surface area contributed by atoms with E-state index < -0.39 is 5.92 Å². The molecule has 5 aromatic rings. The van der Waals surface area contributed by atoms with E-state index in [4.69, 9.17) is 0 Å². The lowest BCUT2D eigenvalue weighted by atomic mass is 9.92. The Hall–Kier alpha value is -5.63. The van der Waals surface area contributed by atoms with E-state index in [1.165, 1.54) is 59.1 Å². The molecular weight excluding hydrogens is 729 g/mol. The van der Waals surface area contributed by atoms with Crippen molar-refractivity contribution in [3.8, 4) is 22.3 Å². The first-order valence-electron chi connectivity index (χ1n) is 21.5. The van der Waals surface area contributed by atoms with Gasteiger partial charge in [-0.05, 0) is 111 Å². The summed E-state index contributed by atoms with van der Waals surface area (Å²) in [5.74, 6) is -0.498. The van der Waals surface area contributed by atoms with Crippen LogP contribution in [-0.4, -0.2) is 88.8 Å². The number of hydrogen-bond acceptors (Lipinski definition) is 5. The summed E-state index contributed by atoms with van der Waals surface area (Å²) in [4.78, 5) is 47.9. The molecule has 7 nitrogen and oxygen atoms in total. The zero-order chi connectivity index (χ0) is 40.6. The van der Waals surface area contributed by atoms with Crippen LogP contribution in [0.2, 0.25) is 0 Å². The molecule has 9 rings (SSSR count). The second-order valence-corrected chi connectivity index (χ2v) is 16.7. The summed E-state index contributed by atoms with van der Waals surface area (Å²) in [7, 11) is 0. The molecule has 4 aliphatic heterocycles. The molecule has 4 saturated heterocycles. The summed E-state index contributed by atoms with van der Waals surface area (Å²) >= 11 is 0. The number of Topliss-reactive ketones (excluding diaryl/α,β-unsaturated/α-hetero) is 1. The first-order valence-corrected chi connectivity index (χ1v) is 21.5. The molecule has 0 spiro atoms. The Balaban J connectivity index is 0.000000169. The van der Waals surface area contributed by atoms with Crippen molar-refractivity contribution in [2.24, 2.45) is 5.92 Å². The molecule has 0 bridgehead atoms. The number of ketones is 1. The number of rotatable bonds is 12. The lowest BCUT2D eigenvalue weighted by Gasteiger charge is -2.29. The molecular formula is C52H56N4O3. The topological polar surface area (TPSA) is 64.2 Å². The highest BCUT2D eigenvalue weighted by atomic mass is 16.2. The average molecular weight is 785 g/mol. The Morgan fingerprint density at radius 3 is 1.44 bits per heavy atom. The van der Waals surface area contributed by atoms with E-state index in [2.05, 4.69) is 101 Å². The molecule has 2 amide bonds. The van der Waals surface area contributed by atoms with Crippen LogP contribution < -0.4 is 0 Å². The number of nitrogens with zero attached hydrogens (tertiary/aromatic N) is 4. The molecule has 302 valence electrons. The van der Waals surface area contributed by atoms with Crippen molar-refractivity contribution >= 4 is 17.6 Å². The normalized spacial score (nSPS) is 20.9. The average Bonchev–Trinajstić information content (AvgIpc) is 4.11. The highest BCUT2D eigenvalue weighted by Gasteiger charge is 2.44. The summed E-state index contributed by atoms with van der Waals surface area (Å²) in [6, 6.07) is 47.7. The van der Waals surface area contributed by atoms with Gasteiger partial charge in [-0.25, -0.2) is 0 Å². The third-order valence-electron chi connectivity index (χ3n) is 12.6. The van der Waals surface area contributed by atoms with Gasteiger partial charge in [0.15, 0.2) is 5.78 Å². The van der Waals surface area contributed by atoms with Gasteiger partial charge in [0.25, 0.3) is 5.91 Å². The number of likely N-dealkylation sites (tertiary alicyclic amines) is 4. The molecule has 4 fully saturated rings. The maximum absolute atomic E-state index is 13.4. The van der Waals surface area contributed by atoms with Crippen LogP contribution in [0.3, 0.4) is 0 Å². The highest BCUT2D eigenvalue weighted by molar-refractivity contribution is 6.11. The van der Waals surface area contributed by atoms with Crippen LogP contribution in [0.15, 0.2) is 152 Å². The first-order chi connectivity index (χ1) is 28.9. The molecule has 0 N–H and O–H groups in total. The summed E-state index contributed by atoms with van der Waals surface area (Å²) in [5.41, 5.74) is 8.72. The van der Waals surface area contributed by atoms with Crippen LogP contribution in [0.4, 0.5) is 0 Å². The van der Waals surface area contributed by atoms with E-state index in [0.717, 1.165) is 57.7 Å². The number of carbonyl (C=O) groups is 3. The third kappa shape index (κ3) is 9.81. The minimum absolute atomic E-state index is 0.0124. The van der Waals surface area contributed by atoms with E-state index >= 15 is 0 Å². The van der Waals surface area contributed by atoms with Crippen LogP contribution in [-0.2, 0) is 22.4 Å². The Labute approximate surface area is 350 Å². The molecule has 5 aromatic carbocycles. The van der Waals surface area contributed by atoms with E-state index in [0.29, 0.717) is 18.7 Å². The van der Waals surface area contributed by atoms with Gasteiger partial charge in [0.05, 0.1) is 13.3 Å². The zero-order valence-electron chi connectivity index (χ0n) is 34.1. The van der Waals surface area contributed by atoms with Gasteiger partial charge >= 0.3 is 0 Å².